The van der Waals surface area contributed by atoms with Crippen LogP contribution in [0.15, 0.2) is 27.7 Å². The predicted molar refractivity (Wildman–Crippen MR) is 105 cm³/mol. The summed E-state index contributed by atoms with van der Waals surface area (Å²) < 4.78 is 40.1. The SMILES string of the molecule is CN=C(NCCCc1nc(C(C)C)no1)NCc1cc(OC)ccc1OC(F)F. The lowest BCUT2D eigenvalue weighted by Crippen LogP contribution is -2.37. The van der Waals surface area contributed by atoms with Crippen LogP contribution in [0.1, 0.15) is 43.5 Å². The maximum atomic E-state index is 12.6. The molecule has 2 aromatic rings. The third-order valence-electron chi connectivity index (χ3n) is 4.01. The number of nitrogens with one attached hydrogen (secondary N) is 2. The molecule has 160 valence electrons. The van der Waals surface area contributed by atoms with E-state index in [0.29, 0.717) is 42.0 Å². The number of ether oxygens (including phenoxy) is 2. The monoisotopic (exact) mass is 411 g/mol. The minimum atomic E-state index is -2.90. The lowest BCUT2D eigenvalue weighted by Gasteiger charge is -2.15. The fraction of sp³-hybridized carbons (Fsp3) is 0.526. The van der Waals surface area contributed by atoms with Crippen molar-refractivity contribution < 1.29 is 22.8 Å². The van der Waals surface area contributed by atoms with Gasteiger partial charge in [0.05, 0.1) is 7.11 Å². The molecule has 1 aromatic carbocycles. The molecule has 10 heteroatoms. The Morgan fingerprint density at radius 2 is 2.07 bits per heavy atom. The van der Waals surface area contributed by atoms with Gasteiger partial charge in [0.2, 0.25) is 5.89 Å². The van der Waals surface area contributed by atoms with Gasteiger partial charge in [-0.15, -0.1) is 0 Å². The van der Waals surface area contributed by atoms with E-state index >= 15 is 0 Å². The van der Waals surface area contributed by atoms with Crippen molar-refractivity contribution in [3.63, 3.8) is 0 Å². The Morgan fingerprint density at radius 3 is 2.69 bits per heavy atom. The van der Waals surface area contributed by atoms with Gasteiger partial charge in [-0.3, -0.25) is 4.99 Å². The summed E-state index contributed by atoms with van der Waals surface area (Å²) in [6.07, 6.45) is 1.41. The first kappa shape index (κ1) is 22.4. The highest BCUT2D eigenvalue weighted by atomic mass is 19.3. The van der Waals surface area contributed by atoms with Crippen LogP contribution in [0.3, 0.4) is 0 Å². The zero-order chi connectivity index (χ0) is 21.2. The van der Waals surface area contributed by atoms with Gasteiger partial charge in [-0.25, -0.2) is 0 Å². The number of guanidine groups is 1. The van der Waals surface area contributed by atoms with E-state index in [4.69, 9.17) is 9.26 Å². The molecule has 2 rings (SSSR count). The Bertz CT molecular complexity index is 796. The number of hydrogen-bond acceptors (Lipinski definition) is 6. The zero-order valence-corrected chi connectivity index (χ0v) is 17.0. The summed E-state index contributed by atoms with van der Waals surface area (Å²) in [4.78, 5) is 8.46. The van der Waals surface area contributed by atoms with Crippen molar-refractivity contribution in [3.8, 4) is 11.5 Å². The Balaban J connectivity index is 1.83. The molecule has 0 radical (unpaired) electrons. The molecule has 0 saturated heterocycles. The molecule has 1 heterocycles. The molecule has 0 atom stereocenters. The van der Waals surface area contributed by atoms with E-state index in [2.05, 4.69) is 30.5 Å². The van der Waals surface area contributed by atoms with Crippen molar-refractivity contribution in [2.75, 3.05) is 20.7 Å². The summed E-state index contributed by atoms with van der Waals surface area (Å²) in [6.45, 7) is 1.97. The summed E-state index contributed by atoms with van der Waals surface area (Å²) in [5.74, 6) is 2.69. The number of hydrogen-bond donors (Lipinski definition) is 2. The molecule has 0 aliphatic rings. The normalized spacial score (nSPS) is 11.8. The first-order valence-corrected chi connectivity index (χ1v) is 9.31. The van der Waals surface area contributed by atoms with Gasteiger partial charge in [0.25, 0.3) is 0 Å². The average Bonchev–Trinajstić information content (AvgIpc) is 3.17. The predicted octanol–water partition coefficient (Wildman–Crippen LogP) is 3.10. The molecule has 0 spiro atoms. The van der Waals surface area contributed by atoms with Crippen molar-refractivity contribution in [1.82, 2.24) is 20.8 Å². The molecule has 0 aliphatic carbocycles. The van der Waals surface area contributed by atoms with Gasteiger partial charge in [-0.1, -0.05) is 19.0 Å². The number of halogens is 2. The molecule has 0 fully saturated rings. The first-order chi connectivity index (χ1) is 13.9. The Hall–Kier alpha value is -2.91. The van der Waals surface area contributed by atoms with Gasteiger partial charge in [0.1, 0.15) is 11.5 Å². The fourth-order valence-corrected chi connectivity index (χ4v) is 2.48. The van der Waals surface area contributed by atoms with E-state index in [9.17, 15) is 8.78 Å². The van der Waals surface area contributed by atoms with Crippen LogP contribution < -0.4 is 20.1 Å². The van der Waals surface area contributed by atoms with Crippen LogP contribution in [0, 0.1) is 0 Å². The number of benzene rings is 1. The number of aromatic nitrogens is 2. The van der Waals surface area contributed by atoms with Crippen molar-refractivity contribution in [2.45, 2.75) is 45.8 Å². The molecule has 8 nitrogen and oxygen atoms in total. The minimum Gasteiger partial charge on any atom is -0.497 e. The molecule has 0 amide bonds. The second-order valence-electron chi connectivity index (χ2n) is 6.51. The van der Waals surface area contributed by atoms with Gasteiger partial charge >= 0.3 is 6.61 Å². The van der Waals surface area contributed by atoms with Gasteiger partial charge in [-0.05, 0) is 24.6 Å². The van der Waals surface area contributed by atoms with Gasteiger partial charge < -0.3 is 24.6 Å². The van der Waals surface area contributed by atoms with E-state index in [1.807, 2.05) is 13.8 Å². The van der Waals surface area contributed by atoms with Gasteiger partial charge in [0, 0.05) is 38.0 Å². The average molecular weight is 411 g/mol. The Labute approximate surface area is 168 Å². The number of rotatable bonds is 10. The van der Waals surface area contributed by atoms with Crippen molar-refractivity contribution >= 4 is 5.96 Å². The van der Waals surface area contributed by atoms with Crippen LogP contribution in [-0.2, 0) is 13.0 Å². The molecule has 0 unspecified atom stereocenters. The number of alkyl halides is 2. The second-order valence-corrected chi connectivity index (χ2v) is 6.51. The summed E-state index contributed by atoms with van der Waals surface area (Å²) in [5, 5.41) is 10.2. The summed E-state index contributed by atoms with van der Waals surface area (Å²) in [6, 6.07) is 4.66. The highest BCUT2D eigenvalue weighted by molar-refractivity contribution is 5.79. The van der Waals surface area contributed by atoms with E-state index in [1.54, 1.807) is 19.2 Å². The molecule has 0 saturated carbocycles. The summed E-state index contributed by atoms with van der Waals surface area (Å²) in [7, 11) is 3.14. The lowest BCUT2D eigenvalue weighted by atomic mass is 10.2. The highest BCUT2D eigenvalue weighted by Gasteiger charge is 2.12. The third-order valence-corrected chi connectivity index (χ3v) is 4.01. The van der Waals surface area contributed by atoms with Crippen LogP contribution in [0.4, 0.5) is 8.78 Å². The van der Waals surface area contributed by atoms with E-state index in [-0.39, 0.29) is 18.2 Å². The molecule has 0 bridgehead atoms. The quantitative estimate of drug-likeness (QED) is 0.352. The van der Waals surface area contributed by atoms with Crippen molar-refractivity contribution in [2.24, 2.45) is 4.99 Å². The standard InChI is InChI=1S/C19H27F2N5O3/c1-12(2)17-25-16(29-26-17)6-5-9-23-19(22-3)24-11-13-10-14(27-4)7-8-15(13)28-18(20)21/h7-8,10,12,18H,5-6,9,11H2,1-4H3,(H2,22,23,24). The Kier molecular flexibility index (Phi) is 8.63. The van der Waals surface area contributed by atoms with Crippen LogP contribution in [0.25, 0.3) is 0 Å². The second kappa shape index (κ2) is 11.2. The minimum absolute atomic E-state index is 0.0844. The van der Waals surface area contributed by atoms with Crippen LogP contribution >= 0.6 is 0 Å². The van der Waals surface area contributed by atoms with Crippen LogP contribution in [-0.4, -0.2) is 43.4 Å². The number of aliphatic imine (C=N–C) groups is 1. The zero-order valence-electron chi connectivity index (χ0n) is 17.0. The lowest BCUT2D eigenvalue weighted by molar-refractivity contribution is -0.0505. The van der Waals surface area contributed by atoms with Crippen molar-refractivity contribution in [1.29, 1.82) is 0 Å². The Morgan fingerprint density at radius 1 is 1.28 bits per heavy atom. The van der Waals surface area contributed by atoms with E-state index in [1.165, 1.54) is 13.2 Å². The third kappa shape index (κ3) is 7.20. The van der Waals surface area contributed by atoms with E-state index in [0.717, 1.165) is 6.42 Å². The summed E-state index contributed by atoms with van der Waals surface area (Å²) >= 11 is 0. The van der Waals surface area contributed by atoms with Gasteiger partial charge in [0.15, 0.2) is 11.8 Å². The fourth-order valence-electron chi connectivity index (χ4n) is 2.48. The van der Waals surface area contributed by atoms with Crippen LogP contribution in [0.2, 0.25) is 0 Å². The highest BCUT2D eigenvalue weighted by Crippen LogP contribution is 2.25. The van der Waals surface area contributed by atoms with Crippen LogP contribution in [0.5, 0.6) is 11.5 Å². The smallest absolute Gasteiger partial charge is 0.387 e. The number of methoxy groups -OCH3 is 1. The molecule has 29 heavy (non-hydrogen) atoms. The maximum Gasteiger partial charge on any atom is 0.387 e. The summed E-state index contributed by atoms with van der Waals surface area (Å²) in [5.41, 5.74) is 0.527. The van der Waals surface area contributed by atoms with Gasteiger partial charge in [-0.2, -0.15) is 13.8 Å². The number of aryl methyl sites for hydroxylation is 1. The molecular weight excluding hydrogens is 384 g/mol. The molecule has 2 N–H and O–H groups in total. The maximum absolute atomic E-state index is 12.6. The van der Waals surface area contributed by atoms with Crippen molar-refractivity contribution in [3.05, 3.63) is 35.5 Å². The molecule has 1 aromatic heterocycles. The first-order valence-electron chi connectivity index (χ1n) is 9.31. The van der Waals surface area contributed by atoms with E-state index < -0.39 is 6.61 Å². The number of nitrogens with zero attached hydrogens (tertiary/aromatic N) is 3. The topological polar surface area (TPSA) is 93.8 Å². The molecule has 0 aliphatic heterocycles. The largest absolute Gasteiger partial charge is 0.497 e. The molecular formula is C19H27F2N5O3.